The molecular weight excluding hydrogens is 272 g/mol. The maximum Gasteiger partial charge on any atom is 0.339 e. The Morgan fingerprint density at radius 3 is 2.52 bits per heavy atom. The molecular formula is C14H22N4O3. The zero-order chi connectivity index (χ0) is 15.6. The van der Waals surface area contributed by atoms with Crippen LogP contribution in [0.2, 0.25) is 0 Å². The molecule has 0 unspecified atom stereocenters. The van der Waals surface area contributed by atoms with Gasteiger partial charge in [-0.15, -0.1) is 0 Å². The number of nitrogens with zero attached hydrogens (tertiary/aromatic N) is 3. The minimum atomic E-state index is -1.02. The lowest BCUT2D eigenvalue weighted by atomic mass is 10.1. The molecule has 0 atom stereocenters. The van der Waals surface area contributed by atoms with Crippen molar-refractivity contribution < 1.29 is 15.0 Å². The Balaban J connectivity index is 2.07. The highest BCUT2D eigenvalue weighted by Crippen LogP contribution is 2.22. The first-order valence-corrected chi connectivity index (χ1v) is 6.95. The molecule has 1 aliphatic heterocycles. The summed E-state index contributed by atoms with van der Waals surface area (Å²) in [7, 11) is 0. The van der Waals surface area contributed by atoms with Crippen molar-refractivity contribution >= 4 is 17.5 Å². The van der Waals surface area contributed by atoms with Gasteiger partial charge in [-0.05, 0) is 19.9 Å². The third kappa shape index (κ3) is 4.05. The van der Waals surface area contributed by atoms with Crippen LogP contribution in [0.25, 0.3) is 0 Å². The quantitative estimate of drug-likeness (QED) is 0.731. The lowest BCUT2D eigenvalue weighted by Crippen LogP contribution is -2.51. The van der Waals surface area contributed by atoms with Crippen LogP contribution in [0.1, 0.15) is 24.2 Å². The Bertz CT molecular complexity index is 519. The molecule has 0 aliphatic carbocycles. The summed E-state index contributed by atoms with van der Waals surface area (Å²) in [6.45, 7) is 7.03. The molecule has 1 saturated heterocycles. The van der Waals surface area contributed by atoms with Crippen LogP contribution in [0, 0.1) is 0 Å². The van der Waals surface area contributed by atoms with Crippen LogP contribution >= 0.6 is 0 Å². The summed E-state index contributed by atoms with van der Waals surface area (Å²) in [6, 6.07) is 1.44. The zero-order valence-electron chi connectivity index (χ0n) is 12.4. The van der Waals surface area contributed by atoms with E-state index in [9.17, 15) is 15.0 Å². The van der Waals surface area contributed by atoms with Gasteiger partial charge in [0.05, 0.1) is 17.5 Å². The molecule has 0 saturated carbocycles. The van der Waals surface area contributed by atoms with Crippen LogP contribution in [-0.4, -0.2) is 64.4 Å². The molecule has 1 aromatic heterocycles. The number of nitrogens with two attached hydrogens (primary N) is 1. The fraction of sp³-hybridized carbons (Fsp3) is 0.571. The smallest absolute Gasteiger partial charge is 0.339 e. The first kappa shape index (κ1) is 15.5. The number of aliphatic hydroxyl groups is 1. The Morgan fingerprint density at radius 2 is 2.00 bits per heavy atom. The van der Waals surface area contributed by atoms with Crippen molar-refractivity contribution in [2.45, 2.75) is 19.4 Å². The highest BCUT2D eigenvalue weighted by atomic mass is 16.4. The van der Waals surface area contributed by atoms with E-state index in [1.807, 2.05) is 4.90 Å². The van der Waals surface area contributed by atoms with Crippen molar-refractivity contribution in [2.24, 2.45) is 0 Å². The number of hydrogen-bond acceptors (Lipinski definition) is 6. The van der Waals surface area contributed by atoms with E-state index >= 15 is 0 Å². The number of β-amino-alcohol motifs (C(OH)–C–C–N with tert-alkyl or cyclic N) is 1. The van der Waals surface area contributed by atoms with Gasteiger partial charge in [0.1, 0.15) is 11.4 Å². The molecule has 0 bridgehead atoms. The monoisotopic (exact) mass is 294 g/mol. The van der Waals surface area contributed by atoms with E-state index in [1.165, 1.54) is 12.3 Å². The van der Waals surface area contributed by atoms with E-state index in [0.29, 0.717) is 31.1 Å². The first-order valence-electron chi connectivity index (χ1n) is 6.95. The lowest BCUT2D eigenvalue weighted by Gasteiger charge is -2.38. The highest BCUT2D eigenvalue weighted by Gasteiger charge is 2.25. The summed E-state index contributed by atoms with van der Waals surface area (Å²) >= 11 is 0. The van der Waals surface area contributed by atoms with Gasteiger partial charge in [-0.2, -0.15) is 0 Å². The van der Waals surface area contributed by atoms with Gasteiger partial charge in [0.25, 0.3) is 0 Å². The Labute approximate surface area is 124 Å². The van der Waals surface area contributed by atoms with Gasteiger partial charge in [-0.25, -0.2) is 9.78 Å². The predicted octanol–water partition coefficient (Wildman–Crippen LogP) is 0.255. The number of anilines is 2. The fourth-order valence-electron chi connectivity index (χ4n) is 2.55. The minimum absolute atomic E-state index is 0.130. The maximum absolute atomic E-state index is 11.3. The number of nitrogen functional groups attached to an aromatic ring is 1. The van der Waals surface area contributed by atoms with Crippen LogP contribution in [-0.2, 0) is 0 Å². The van der Waals surface area contributed by atoms with Gasteiger partial charge < -0.3 is 20.8 Å². The molecule has 7 nitrogen and oxygen atoms in total. The molecule has 0 spiro atoms. The first-order chi connectivity index (χ1) is 9.76. The summed E-state index contributed by atoms with van der Waals surface area (Å²) in [5, 5.41) is 19.1. The summed E-state index contributed by atoms with van der Waals surface area (Å²) in [6.07, 6.45) is 1.48. The number of aromatic carboxylic acids is 1. The van der Waals surface area contributed by atoms with E-state index in [4.69, 9.17) is 5.73 Å². The number of rotatable bonds is 4. The van der Waals surface area contributed by atoms with Crippen molar-refractivity contribution in [3.05, 3.63) is 17.8 Å². The van der Waals surface area contributed by atoms with Gasteiger partial charge in [0, 0.05) is 32.7 Å². The molecule has 1 aliphatic rings. The summed E-state index contributed by atoms with van der Waals surface area (Å²) in [5.41, 5.74) is 5.35. The second kappa shape index (κ2) is 5.87. The van der Waals surface area contributed by atoms with E-state index in [2.05, 4.69) is 9.88 Å². The average molecular weight is 294 g/mol. The lowest BCUT2D eigenvalue weighted by molar-refractivity contribution is 0.0344. The molecule has 0 aromatic carbocycles. The molecule has 4 N–H and O–H groups in total. The summed E-state index contributed by atoms with van der Waals surface area (Å²) in [4.78, 5) is 19.6. The van der Waals surface area contributed by atoms with Gasteiger partial charge in [-0.1, -0.05) is 0 Å². The van der Waals surface area contributed by atoms with E-state index < -0.39 is 11.6 Å². The van der Waals surface area contributed by atoms with Crippen molar-refractivity contribution in [1.82, 2.24) is 9.88 Å². The third-order valence-corrected chi connectivity index (χ3v) is 3.40. The number of carboxylic acid groups (broad SMARTS) is 1. The standard InChI is InChI=1S/C14H22N4O3/c1-14(2,21)9-17-3-5-18(6-4-17)12-11(13(19)20)7-10(15)8-16-12/h7-8,21H,3-6,9,15H2,1-2H3,(H,19,20). The second-order valence-electron chi connectivity index (χ2n) is 6.02. The third-order valence-electron chi connectivity index (χ3n) is 3.40. The zero-order valence-corrected chi connectivity index (χ0v) is 12.4. The van der Waals surface area contributed by atoms with E-state index in [0.717, 1.165) is 13.1 Å². The van der Waals surface area contributed by atoms with Crippen molar-refractivity contribution in [3.63, 3.8) is 0 Å². The molecule has 7 heteroatoms. The average Bonchev–Trinajstić information content (AvgIpc) is 2.38. The number of pyridine rings is 1. The molecule has 1 fully saturated rings. The molecule has 2 rings (SSSR count). The number of hydrogen-bond donors (Lipinski definition) is 3. The van der Waals surface area contributed by atoms with Crippen molar-refractivity contribution in [3.8, 4) is 0 Å². The number of carboxylic acids is 1. The molecule has 2 heterocycles. The maximum atomic E-state index is 11.3. The normalized spacial score (nSPS) is 17.0. The van der Waals surface area contributed by atoms with Crippen molar-refractivity contribution in [1.29, 1.82) is 0 Å². The largest absolute Gasteiger partial charge is 0.478 e. The van der Waals surface area contributed by atoms with Crippen LogP contribution in [0.5, 0.6) is 0 Å². The molecule has 116 valence electrons. The Hall–Kier alpha value is -1.86. The number of aromatic nitrogens is 1. The second-order valence-corrected chi connectivity index (χ2v) is 6.02. The molecule has 21 heavy (non-hydrogen) atoms. The van der Waals surface area contributed by atoms with E-state index in [1.54, 1.807) is 13.8 Å². The fourth-order valence-corrected chi connectivity index (χ4v) is 2.55. The van der Waals surface area contributed by atoms with Crippen molar-refractivity contribution in [2.75, 3.05) is 43.4 Å². The summed E-state index contributed by atoms with van der Waals surface area (Å²) in [5.74, 6) is -0.566. The van der Waals surface area contributed by atoms with Gasteiger partial charge in [0.2, 0.25) is 0 Å². The Morgan fingerprint density at radius 1 is 1.38 bits per heavy atom. The Kier molecular flexibility index (Phi) is 4.34. The highest BCUT2D eigenvalue weighted by molar-refractivity contribution is 5.94. The van der Waals surface area contributed by atoms with E-state index in [-0.39, 0.29) is 5.56 Å². The van der Waals surface area contributed by atoms with Crippen LogP contribution in [0.3, 0.4) is 0 Å². The predicted molar refractivity (Wildman–Crippen MR) is 80.6 cm³/mol. The molecule has 1 aromatic rings. The van der Waals surface area contributed by atoms with Gasteiger partial charge in [0.15, 0.2) is 0 Å². The van der Waals surface area contributed by atoms with Crippen LogP contribution in [0.15, 0.2) is 12.3 Å². The number of carbonyl (C=O) groups is 1. The van der Waals surface area contributed by atoms with Gasteiger partial charge in [-0.3, -0.25) is 4.90 Å². The number of piperazine rings is 1. The SMILES string of the molecule is CC(C)(O)CN1CCN(c2ncc(N)cc2C(=O)O)CC1. The van der Waals surface area contributed by atoms with Crippen LogP contribution in [0.4, 0.5) is 11.5 Å². The molecule has 0 radical (unpaired) electrons. The minimum Gasteiger partial charge on any atom is -0.478 e. The topological polar surface area (TPSA) is 103 Å². The van der Waals surface area contributed by atoms with Gasteiger partial charge >= 0.3 is 5.97 Å². The molecule has 0 amide bonds. The van der Waals surface area contributed by atoms with Crippen LogP contribution < -0.4 is 10.6 Å². The summed E-state index contributed by atoms with van der Waals surface area (Å²) < 4.78 is 0.